The molecule has 1 heterocycles. The van der Waals surface area contributed by atoms with Crippen LogP contribution in [0.3, 0.4) is 0 Å². The number of fused-ring (bicyclic) bond motifs is 1. The molecule has 4 nitrogen and oxygen atoms in total. The van der Waals surface area contributed by atoms with E-state index in [0.29, 0.717) is 24.4 Å². The van der Waals surface area contributed by atoms with E-state index in [2.05, 4.69) is 29.7 Å². The van der Waals surface area contributed by atoms with E-state index >= 15 is 0 Å². The summed E-state index contributed by atoms with van der Waals surface area (Å²) in [5.41, 5.74) is 1.23. The zero-order valence-corrected chi connectivity index (χ0v) is 12.6. The molecule has 2 unspecified atom stereocenters. The molecule has 1 aromatic carbocycles. The van der Waals surface area contributed by atoms with Crippen molar-refractivity contribution >= 4 is 5.91 Å². The Kier molecular flexibility index (Phi) is 4.44. The van der Waals surface area contributed by atoms with Gasteiger partial charge in [0.05, 0.1) is 6.61 Å². The van der Waals surface area contributed by atoms with Gasteiger partial charge in [-0.1, -0.05) is 25.1 Å². The van der Waals surface area contributed by atoms with Crippen LogP contribution >= 0.6 is 0 Å². The van der Waals surface area contributed by atoms with Crippen molar-refractivity contribution in [3.05, 3.63) is 29.8 Å². The zero-order valence-electron chi connectivity index (χ0n) is 12.6. The van der Waals surface area contributed by atoms with Gasteiger partial charge in [0.15, 0.2) is 0 Å². The Labute approximate surface area is 126 Å². The fraction of sp³-hybridized carbons (Fsp3) is 0.588. The van der Waals surface area contributed by atoms with Crippen LogP contribution in [-0.4, -0.2) is 25.1 Å². The molecule has 1 aliphatic heterocycles. The van der Waals surface area contributed by atoms with Crippen molar-refractivity contribution in [2.75, 3.05) is 13.2 Å². The van der Waals surface area contributed by atoms with E-state index in [1.54, 1.807) is 0 Å². The number of carbonyl (C=O) groups is 1. The Morgan fingerprint density at radius 3 is 2.95 bits per heavy atom. The molecule has 0 aromatic heterocycles. The Bertz CT molecular complexity index is 499. The third kappa shape index (κ3) is 3.76. The van der Waals surface area contributed by atoms with Gasteiger partial charge < -0.3 is 15.4 Å². The lowest BCUT2D eigenvalue weighted by Gasteiger charge is -2.32. The van der Waals surface area contributed by atoms with Crippen LogP contribution in [0.15, 0.2) is 24.3 Å². The molecule has 1 amide bonds. The fourth-order valence-corrected chi connectivity index (χ4v) is 2.84. The van der Waals surface area contributed by atoms with Gasteiger partial charge in [0.1, 0.15) is 5.75 Å². The molecule has 1 aliphatic carbocycles. The minimum Gasteiger partial charge on any atom is -0.493 e. The summed E-state index contributed by atoms with van der Waals surface area (Å²) in [5.74, 6) is 1.62. The third-order valence-electron chi connectivity index (χ3n) is 4.21. The van der Waals surface area contributed by atoms with Gasteiger partial charge in [-0.15, -0.1) is 0 Å². The first-order valence-corrected chi connectivity index (χ1v) is 7.98. The van der Waals surface area contributed by atoms with Crippen LogP contribution in [0, 0.1) is 5.92 Å². The smallest absolute Gasteiger partial charge is 0.220 e. The van der Waals surface area contributed by atoms with Gasteiger partial charge in [-0.05, 0) is 31.9 Å². The molecule has 2 atom stereocenters. The second-order valence-electron chi connectivity index (χ2n) is 6.20. The molecular weight excluding hydrogens is 264 g/mol. The molecule has 2 N–H and O–H groups in total. The predicted molar refractivity (Wildman–Crippen MR) is 82.2 cm³/mol. The largest absolute Gasteiger partial charge is 0.493 e. The Balaban J connectivity index is 1.47. The lowest BCUT2D eigenvalue weighted by atomic mass is 9.92. The molecule has 0 bridgehead atoms. The van der Waals surface area contributed by atoms with E-state index in [1.807, 2.05) is 12.1 Å². The van der Waals surface area contributed by atoms with E-state index in [-0.39, 0.29) is 5.91 Å². The molecule has 1 saturated carbocycles. The monoisotopic (exact) mass is 288 g/mol. The van der Waals surface area contributed by atoms with E-state index in [9.17, 15) is 4.79 Å². The van der Waals surface area contributed by atoms with Crippen LogP contribution in [-0.2, 0) is 4.79 Å². The molecule has 3 rings (SSSR count). The second kappa shape index (κ2) is 6.48. The molecule has 21 heavy (non-hydrogen) atoms. The summed E-state index contributed by atoms with van der Waals surface area (Å²) in [4.78, 5) is 11.6. The van der Waals surface area contributed by atoms with Crippen LogP contribution < -0.4 is 15.4 Å². The molecule has 2 aliphatic rings. The maximum atomic E-state index is 11.6. The van der Waals surface area contributed by atoms with Crippen molar-refractivity contribution in [1.29, 1.82) is 0 Å². The number of ether oxygens (including phenoxy) is 1. The van der Waals surface area contributed by atoms with Crippen molar-refractivity contribution in [3.8, 4) is 5.75 Å². The zero-order chi connectivity index (χ0) is 14.7. The Morgan fingerprint density at radius 1 is 1.33 bits per heavy atom. The van der Waals surface area contributed by atoms with Gasteiger partial charge >= 0.3 is 0 Å². The molecule has 1 fully saturated rings. The van der Waals surface area contributed by atoms with Gasteiger partial charge in [-0.3, -0.25) is 4.79 Å². The number of carbonyl (C=O) groups excluding carboxylic acids is 1. The van der Waals surface area contributed by atoms with Crippen LogP contribution in [0.5, 0.6) is 5.75 Å². The van der Waals surface area contributed by atoms with E-state index in [0.717, 1.165) is 38.2 Å². The maximum Gasteiger partial charge on any atom is 0.220 e. The van der Waals surface area contributed by atoms with Gasteiger partial charge in [-0.25, -0.2) is 0 Å². The number of para-hydroxylation sites is 1. The molecule has 1 aromatic rings. The number of amides is 1. The predicted octanol–water partition coefficient (Wildman–Crippen LogP) is 2.40. The van der Waals surface area contributed by atoms with Crippen molar-refractivity contribution in [1.82, 2.24) is 10.6 Å². The van der Waals surface area contributed by atoms with E-state index in [4.69, 9.17) is 4.74 Å². The average molecular weight is 288 g/mol. The summed E-state index contributed by atoms with van der Waals surface area (Å²) < 4.78 is 5.76. The molecular formula is C17H24N2O2. The SMILES string of the molecule is CC1COc2ccccc2C1NCCCC(=O)NC1CC1. The van der Waals surface area contributed by atoms with Crippen molar-refractivity contribution < 1.29 is 9.53 Å². The number of rotatable bonds is 6. The highest BCUT2D eigenvalue weighted by molar-refractivity contribution is 5.76. The minimum absolute atomic E-state index is 0.194. The van der Waals surface area contributed by atoms with Crippen molar-refractivity contribution in [2.45, 2.75) is 44.7 Å². The normalized spacial score (nSPS) is 24.0. The van der Waals surface area contributed by atoms with E-state index in [1.165, 1.54) is 5.56 Å². The number of benzene rings is 1. The third-order valence-corrected chi connectivity index (χ3v) is 4.21. The molecule has 0 radical (unpaired) electrons. The van der Waals surface area contributed by atoms with Crippen LogP contribution in [0.25, 0.3) is 0 Å². The Morgan fingerprint density at radius 2 is 2.14 bits per heavy atom. The highest BCUT2D eigenvalue weighted by Crippen LogP contribution is 2.34. The number of hydrogen-bond donors (Lipinski definition) is 2. The quantitative estimate of drug-likeness (QED) is 0.790. The van der Waals surface area contributed by atoms with Gasteiger partial charge in [0.25, 0.3) is 0 Å². The summed E-state index contributed by atoms with van der Waals surface area (Å²) in [5, 5.41) is 6.62. The van der Waals surface area contributed by atoms with Crippen molar-refractivity contribution in [3.63, 3.8) is 0 Å². The number of hydrogen-bond acceptors (Lipinski definition) is 3. The molecule has 114 valence electrons. The van der Waals surface area contributed by atoms with Crippen LogP contribution in [0.1, 0.15) is 44.2 Å². The summed E-state index contributed by atoms with van der Waals surface area (Å²) in [7, 11) is 0. The van der Waals surface area contributed by atoms with Gasteiger partial charge in [0.2, 0.25) is 5.91 Å². The van der Waals surface area contributed by atoms with Crippen molar-refractivity contribution in [2.24, 2.45) is 5.92 Å². The van der Waals surface area contributed by atoms with E-state index < -0.39 is 0 Å². The minimum atomic E-state index is 0.194. The first-order valence-electron chi connectivity index (χ1n) is 7.98. The highest BCUT2D eigenvalue weighted by Gasteiger charge is 2.27. The standard InChI is InChI=1S/C17H24N2O2/c1-12-11-21-15-6-3-2-5-14(15)17(12)18-10-4-7-16(20)19-13-8-9-13/h2-3,5-6,12-13,17-18H,4,7-11H2,1H3,(H,19,20). The summed E-state index contributed by atoms with van der Waals surface area (Å²) >= 11 is 0. The summed E-state index contributed by atoms with van der Waals surface area (Å²) in [6.45, 7) is 3.81. The van der Waals surface area contributed by atoms with Crippen LogP contribution in [0.4, 0.5) is 0 Å². The van der Waals surface area contributed by atoms with Crippen LogP contribution in [0.2, 0.25) is 0 Å². The lowest BCUT2D eigenvalue weighted by Crippen LogP contribution is -2.35. The Hall–Kier alpha value is -1.55. The maximum absolute atomic E-state index is 11.6. The molecule has 0 saturated heterocycles. The molecule has 4 heteroatoms. The average Bonchev–Trinajstić information content (AvgIpc) is 3.29. The fourth-order valence-electron chi connectivity index (χ4n) is 2.84. The second-order valence-corrected chi connectivity index (χ2v) is 6.20. The lowest BCUT2D eigenvalue weighted by molar-refractivity contribution is -0.121. The summed E-state index contributed by atoms with van der Waals surface area (Å²) in [6, 6.07) is 9.00. The molecule has 0 spiro atoms. The first-order chi connectivity index (χ1) is 10.2. The van der Waals surface area contributed by atoms with Gasteiger partial charge in [0, 0.05) is 30.0 Å². The highest BCUT2D eigenvalue weighted by atomic mass is 16.5. The summed E-state index contributed by atoms with van der Waals surface area (Å²) in [6.07, 6.45) is 3.80. The number of nitrogens with one attached hydrogen (secondary N) is 2. The topological polar surface area (TPSA) is 50.4 Å². The van der Waals surface area contributed by atoms with Gasteiger partial charge in [-0.2, -0.15) is 0 Å². The first kappa shape index (κ1) is 14.4.